The van der Waals surface area contributed by atoms with Crippen LogP contribution < -0.4 is 10.2 Å². The number of rotatable bonds is 2. The van der Waals surface area contributed by atoms with Crippen LogP contribution in [-0.2, 0) is 11.8 Å². The average Bonchev–Trinajstić information content (AvgIpc) is 2.91. The summed E-state index contributed by atoms with van der Waals surface area (Å²) < 4.78 is 1.72. The van der Waals surface area contributed by atoms with E-state index >= 15 is 0 Å². The number of hydrogen-bond acceptors (Lipinski definition) is 3. The van der Waals surface area contributed by atoms with Crippen molar-refractivity contribution in [3.63, 3.8) is 0 Å². The van der Waals surface area contributed by atoms with E-state index in [0.717, 1.165) is 16.9 Å². The number of nitrogens with one attached hydrogen (secondary N) is 1. The van der Waals surface area contributed by atoms with Gasteiger partial charge in [0, 0.05) is 18.8 Å². The predicted molar refractivity (Wildman–Crippen MR) is 85.6 cm³/mol. The Morgan fingerprint density at radius 2 is 2.00 bits per heavy atom. The van der Waals surface area contributed by atoms with Gasteiger partial charge in [-0.05, 0) is 37.4 Å². The maximum atomic E-state index is 12.5. The van der Waals surface area contributed by atoms with E-state index in [4.69, 9.17) is 12.2 Å². The number of aromatic nitrogens is 2. The number of carbonyl (C=O) groups excluding carboxylic acids is 1. The van der Waals surface area contributed by atoms with E-state index in [-0.39, 0.29) is 5.91 Å². The second-order valence-corrected chi connectivity index (χ2v) is 5.19. The van der Waals surface area contributed by atoms with E-state index < -0.39 is 0 Å². The molecule has 0 atom stereocenters. The number of amides is 1. The molecule has 5 nitrogen and oxygen atoms in total. The number of hydrogen-bond donors (Lipinski definition) is 1. The lowest BCUT2D eigenvalue weighted by atomic mass is 10.2. The van der Waals surface area contributed by atoms with E-state index in [2.05, 4.69) is 10.4 Å². The van der Waals surface area contributed by atoms with Crippen molar-refractivity contribution in [1.29, 1.82) is 0 Å². The van der Waals surface area contributed by atoms with E-state index in [1.165, 1.54) is 4.90 Å². The first kappa shape index (κ1) is 13.5. The van der Waals surface area contributed by atoms with Crippen molar-refractivity contribution >= 4 is 35.0 Å². The highest BCUT2D eigenvalue weighted by Crippen LogP contribution is 2.22. The molecule has 106 valence electrons. The second-order valence-electron chi connectivity index (χ2n) is 4.81. The first-order valence-corrected chi connectivity index (χ1v) is 6.89. The zero-order valence-electron chi connectivity index (χ0n) is 11.7. The van der Waals surface area contributed by atoms with Gasteiger partial charge in [0.2, 0.25) is 0 Å². The molecule has 0 aliphatic carbocycles. The fourth-order valence-electron chi connectivity index (χ4n) is 2.26. The van der Waals surface area contributed by atoms with Crippen LogP contribution in [0.4, 0.5) is 5.69 Å². The lowest BCUT2D eigenvalue weighted by Gasteiger charge is -2.13. The number of para-hydroxylation sites is 1. The Morgan fingerprint density at radius 1 is 1.29 bits per heavy atom. The average molecular weight is 298 g/mol. The first-order chi connectivity index (χ1) is 10.1. The number of benzene rings is 1. The molecule has 0 saturated carbocycles. The van der Waals surface area contributed by atoms with Gasteiger partial charge in [-0.15, -0.1) is 0 Å². The Bertz CT molecular complexity index is 748. The van der Waals surface area contributed by atoms with Gasteiger partial charge in [-0.3, -0.25) is 14.4 Å². The van der Waals surface area contributed by atoms with Crippen LogP contribution >= 0.6 is 12.2 Å². The summed E-state index contributed by atoms with van der Waals surface area (Å²) in [7, 11) is 1.85. The number of anilines is 1. The topological polar surface area (TPSA) is 50.2 Å². The summed E-state index contributed by atoms with van der Waals surface area (Å²) in [6.45, 7) is 1.90. The van der Waals surface area contributed by atoms with Gasteiger partial charge in [-0.25, -0.2) is 0 Å². The number of aryl methyl sites for hydroxylation is 2. The molecule has 1 aromatic heterocycles. The molecule has 1 aliphatic heterocycles. The van der Waals surface area contributed by atoms with Crippen molar-refractivity contribution in [2.24, 2.45) is 7.05 Å². The van der Waals surface area contributed by atoms with Crippen molar-refractivity contribution in [1.82, 2.24) is 15.1 Å². The fraction of sp³-hybridized carbons (Fsp3) is 0.133. The molecule has 1 amide bonds. The van der Waals surface area contributed by atoms with Crippen molar-refractivity contribution in [3.8, 4) is 0 Å². The standard InChI is InChI=1S/C15H14N4OS/c1-10-11(9-18(2)17-10)8-13-14(20)19(15(21)16-13)12-6-4-3-5-7-12/h3-9H,1-2H3,(H,16,21)/b13-8-. The molecule has 21 heavy (non-hydrogen) atoms. The van der Waals surface area contributed by atoms with Gasteiger partial charge in [0.15, 0.2) is 5.11 Å². The predicted octanol–water partition coefficient (Wildman–Crippen LogP) is 1.99. The smallest absolute Gasteiger partial charge is 0.281 e. The highest BCUT2D eigenvalue weighted by molar-refractivity contribution is 7.80. The van der Waals surface area contributed by atoms with E-state index in [1.54, 1.807) is 10.8 Å². The van der Waals surface area contributed by atoms with Gasteiger partial charge < -0.3 is 5.32 Å². The summed E-state index contributed by atoms with van der Waals surface area (Å²) in [5.74, 6) is -0.158. The van der Waals surface area contributed by atoms with Crippen LogP contribution in [0.5, 0.6) is 0 Å². The SMILES string of the molecule is Cc1nn(C)cc1/C=C1\NC(=S)N(c2ccccc2)C1=O. The highest BCUT2D eigenvalue weighted by atomic mass is 32.1. The van der Waals surface area contributed by atoms with Crippen molar-refractivity contribution < 1.29 is 4.79 Å². The maximum Gasteiger partial charge on any atom is 0.281 e. The Hall–Kier alpha value is -2.47. The lowest BCUT2D eigenvalue weighted by Crippen LogP contribution is -2.30. The highest BCUT2D eigenvalue weighted by Gasteiger charge is 2.31. The lowest BCUT2D eigenvalue weighted by molar-refractivity contribution is -0.113. The molecule has 0 radical (unpaired) electrons. The van der Waals surface area contributed by atoms with Crippen molar-refractivity contribution in [2.75, 3.05) is 4.90 Å². The minimum Gasteiger partial charge on any atom is -0.327 e. The largest absolute Gasteiger partial charge is 0.327 e. The summed E-state index contributed by atoms with van der Waals surface area (Å²) in [6.07, 6.45) is 3.64. The number of carbonyl (C=O) groups is 1. The minimum absolute atomic E-state index is 0.158. The van der Waals surface area contributed by atoms with Crippen LogP contribution in [-0.4, -0.2) is 20.8 Å². The molecule has 1 saturated heterocycles. The molecule has 2 heterocycles. The molecule has 1 fully saturated rings. The van der Waals surface area contributed by atoms with E-state index in [0.29, 0.717) is 10.8 Å². The number of thiocarbonyl (C=S) groups is 1. The second kappa shape index (κ2) is 5.14. The summed E-state index contributed by atoms with van der Waals surface area (Å²) in [5, 5.41) is 7.62. The van der Waals surface area contributed by atoms with Crippen LogP contribution in [0.15, 0.2) is 42.2 Å². The third-order valence-electron chi connectivity index (χ3n) is 3.24. The molecule has 6 heteroatoms. The Balaban J connectivity index is 1.96. The first-order valence-electron chi connectivity index (χ1n) is 6.48. The van der Waals surface area contributed by atoms with Crippen LogP contribution in [0.3, 0.4) is 0 Å². The Labute approximate surface area is 127 Å². The van der Waals surface area contributed by atoms with Crippen molar-refractivity contribution in [3.05, 3.63) is 53.5 Å². The maximum absolute atomic E-state index is 12.5. The van der Waals surface area contributed by atoms with Crippen LogP contribution in [0, 0.1) is 6.92 Å². The van der Waals surface area contributed by atoms with E-state index in [9.17, 15) is 4.79 Å². The molecule has 2 aromatic rings. The molecule has 0 bridgehead atoms. The number of nitrogens with zero attached hydrogens (tertiary/aromatic N) is 3. The normalized spacial score (nSPS) is 16.7. The zero-order chi connectivity index (χ0) is 15.0. The Kier molecular flexibility index (Phi) is 3.31. The monoisotopic (exact) mass is 298 g/mol. The molecule has 1 aromatic carbocycles. The van der Waals surface area contributed by atoms with Gasteiger partial charge in [0.1, 0.15) is 5.70 Å². The summed E-state index contributed by atoms with van der Waals surface area (Å²) in [5.41, 5.74) is 2.97. The van der Waals surface area contributed by atoms with Crippen molar-refractivity contribution in [2.45, 2.75) is 6.92 Å². The quantitative estimate of drug-likeness (QED) is 0.680. The summed E-state index contributed by atoms with van der Waals surface area (Å²) in [6, 6.07) is 9.35. The molecule has 0 unspecified atom stereocenters. The molecule has 1 N–H and O–H groups in total. The van der Waals surface area contributed by atoms with Gasteiger partial charge in [-0.2, -0.15) is 5.10 Å². The van der Waals surface area contributed by atoms with Crippen LogP contribution in [0.1, 0.15) is 11.3 Å². The third kappa shape index (κ3) is 2.45. The summed E-state index contributed by atoms with van der Waals surface area (Å²) >= 11 is 5.26. The fourth-order valence-corrected chi connectivity index (χ4v) is 2.56. The molecule has 0 spiro atoms. The van der Waals surface area contributed by atoms with Gasteiger partial charge in [0.05, 0.1) is 11.4 Å². The van der Waals surface area contributed by atoms with Gasteiger partial charge in [-0.1, -0.05) is 18.2 Å². The molecular weight excluding hydrogens is 284 g/mol. The van der Waals surface area contributed by atoms with Gasteiger partial charge >= 0.3 is 0 Å². The van der Waals surface area contributed by atoms with Crippen LogP contribution in [0.2, 0.25) is 0 Å². The van der Waals surface area contributed by atoms with Crippen LogP contribution in [0.25, 0.3) is 6.08 Å². The summed E-state index contributed by atoms with van der Waals surface area (Å²) in [4.78, 5) is 14.0. The van der Waals surface area contributed by atoms with E-state index in [1.807, 2.05) is 50.5 Å². The minimum atomic E-state index is -0.158. The molecule has 1 aliphatic rings. The van der Waals surface area contributed by atoms with Gasteiger partial charge in [0.25, 0.3) is 5.91 Å². The third-order valence-corrected chi connectivity index (χ3v) is 3.53. The molecule has 3 rings (SSSR count). The Morgan fingerprint density at radius 3 is 2.62 bits per heavy atom. The zero-order valence-corrected chi connectivity index (χ0v) is 12.5. The molecular formula is C15H14N4OS.